The quantitative estimate of drug-likeness (QED) is 0.0272. The van der Waals surface area contributed by atoms with Crippen LogP contribution in [0.25, 0.3) is 22.3 Å². The van der Waals surface area contributed by atoms with Gasteiger partial charge in [-0.2, -0.15) is 10.1 Å². The molecule has 0 unspecified atom stereocenters. The number of sulfonamides is 1. The van der Waals surface area contributed by atoms with E-state index >= 15 is 0 Å². The van der Waals surface area contributed by atoms with Gasteiger partial charge in [0.2, 0.25) is 21.9 Å². The fourth-order valence-corrected chi connectivity index (χ4v) is 9.18. The molecule has 392 valence electrons. The molecule has 0 saturated carbocycles. The number of benzene rings is 4. The summed E-state index contributed by atoms with van der Waals surface area (Å²) in [5.41, 5.74) is 14.1. The van der Waals surface area contributed by atoms with E-state index < -0.39 is 21.7 Å². The van der Waals surface area contributed by atoms with Gasteiger partial charge in [0.15, 0.2) is 5.65 Å². The van der Waals surface area contributed by atoms with Gasteiger partial charge in [-0.3, -0.25) is 9.59 Å². The number of piperidine rings is 1. The van der Waals surface area contributed by atoms with Crippen LogP contribution in [0.4, 0.5) is 33.3 Å². The van der Waals surface area contributed by atoms with E-state index in [1.165, 1.54) is 42.9 Å². The summed E-state index contributed by atoms with van der Waals surface area (Å²) in [5.74, 6) is 0.269. The van der Waals surface area contributed by atoms with Crippen LogP contribution >= 0.6 is 15.9 Å². The lowest BCUT2D eigenvalue weighted by atomic mass is 10.1. The molecule has 24 heteroatoms. The number of rotatable bonds is 26. The summed E-state index contributed by atoms with van der Waals surface area (Å²) < 4.78 is 73.0. The number of halogens is 2. The molecule has 1 aliphatic rings. The molecule has 7 N–H and O–H groups in total. The molecular weight excluding hydrogens is 1060 g/mol. The lowest BCUT2D eigenvalue weighted by Gasteiger charge is -2.32. The number of para-hydroxylation sites is 1. The zero-order valence-corrected chi connectivity index (χ0v) is 42.8. The van der Waals surface area contributed by atoms with Crippen molar-refractivity contribution in [2.45, 2.75) is 23.8 Å². The molecule has 1 saturated heterocycles. The van der Waals surface area contributed by atoms with Gasteiger partial charge in [-0.05, 0) is 102 Å². The summed E-state index contributed by atoms with van der Waals surface area (Å²) in [5, 5.41) is 11.5. The second kappa shape index (κ2) is 26.2. The molecule has 8 rings (SSSR count). The zero-order valence-electron chi connectivity index (χ0n) is 40.4. The molecule has 4 heterocycles. The molecule has 75 heavy (non-hydrogen) atoms. The Balaban J connectivity index is 0.668. The molecule has 1 atom stereocenters. The smallest absolute Gasteiger partial charge is 0.253 e. The number of ether oxygens (including phenoxy) is 5. The van der Waals surface area contributed by atoms with Crippen LogP contribution < -0.4 is 31.6 Å². The normalized spacial score (nSPS) is 13.8. The van der Waals surface area contributed by atoms with Crippen molar-refractivity contribution in [1.82, 2.24) is 39.3 Å². The SMILES string of the molecule is NC(=O)c1c(F)cccc1Nc1nc(Nc2ccc(S(=O)(=O)NCCOCCOCCOCCOC/C=C/C(=O)N3CCC[C@@H](n4nc(-c5ccc(Oc6ccccc6)cc5)c5c(N)ncnc54)C3)cc2)ncc1Br. The Morgan fingerprint density at radius 2 is 1.53 bits per heavy atom. The number of hydrogen-bond donors (Lipinski definition) is 5. The summed E-state index contributed by atoms with van der Waals surface area (Å²) >= 11 is 3.33. The van der Waals surface area contributed by atoms with E-state index in [4.69, 9.17) is 40.3 Å². The standard InChI is InChI=1S/C51H54BrFN12O9S/c52-40-31-56-51(62-49(40)61-42-11-4-10-41(53)44(42)48(55)67)60-35-15-19-39(20-16-35)75(68,69)59-21-24-71-26-28-73-30-29-72-27-25-70-23-6-12-43(66)64-22-5-7-36(32-64)65-50-45(47(54)57-33-58-50)46(63-65)34-13-17-38(18-14-34)74-37-8-2-1-3-9-37/h1-4,6,8-20,31,33,36,59H,5,7,21-30,32H2,(H2,55,67)(H2,54,57,58)(H2,56,60,61,62)/b12-6+/t36-/m1/s1. The summed E-state index contributed by atoms with van der Waals surface area (Å²) in [4.78, 5) is 44.3. The van der Waals surface area contributed by atoms with E-state index in [9.17, 15) is 22.4 Å². The minimum atomic E-state index is -3.83. The van der Waals surface area contributed by atoms with E-state index in [0.717, 1.165) is 30.2 Å². The molecule has 0 radical (unpaired) electrons. The number of anilines is 5. The lowest BCUT2D eigenvalue weighted by Crippen LogP contribution is -2.40. The van der Waals surface area contributed by atoms with Gasteiger partial charge < -0.3 is 50.7 Å². The highest BCUT2D eigenvalue weighted by atomic mass is 79.9. The number of carbonyl (C=O) groups excluding carboxylic acids is 2. The van der Waals surface area contributed by atoms with E-state index in [1.54, 1.807) is 23.1 Å². The van der Waals surface area contributed by atoms with Crippen molar-refractivity contribution in [2.24, 2.45) is 5.73 Å². The monoisotopic (exact) mass is 1110 g/mol. The second-order valence-electron chi connectivity index (χ2n) is 16.7. The van der Waals surface area contributed by atoms with Crippen LogP contribution in [0.15, 0.2) is 131 Å². The summed E-state index contributed by atoms with van der Waals surface area (Å²) in [6.07, 6.45) is 7.71. The van der Waals surface area contributed by atoms with Gasteiger partial charge in [0.25, 0.3) is 5.91 Å². The number of hydrogen-bond acceptors (Lipinski definition) is 17. The number of amides is 2. The number of nitrogens with one attached hydrogen (secondary N) is 3. The first-order chi connectivity index (χ1) is 36.4. The van der Waals surface area contributed by atoms with Crippen molar-refractivity contribution < 1.29 is 46.1 Å². The van der Waals surface area contributed by atoms with Crippen molar-refractivity contribution in [3.63, 3.8) is 0 Å². The zero-order chi connectivity index (χ0) is 52.6. The molecular formula is C51H54BrFN12O9S. The van der Waals surface area contributed by atoms with Crippen LogP contribution in [-0.4, -0.2) is 127 Å². The Hall–Kier alpha value is -7.45. The number of fused-ring (bicyclic) bond motifs is 1. The van der Waals surface area contributed by atoms with Crippen molar-refractivity contribution in [2.75, 3.05) is 88.9 Å². The van der Waals surface area contributed by atoms with Gasteiger partial charge in [-0.1, -0.05) is 30.3 Å². The van der Waals surface area contributed by atoms with Gasteiger partial charge in [-0.15, -0.1) is 0 Å². The molecule has 0 aliphatic carbocycles. The van der Waals surface area contributed by atoms with Crippen molar-refractivity contribution in [1.29, 1.82) is 0 Å². The van der Waals surface area contributed by atoms with Crippen molar-refractivity contribution in [3.8, 4) is 22.8 Å². The Labute approximate surface area is 440 Å². The molecule has 3 aromatic heterocycles. The lowest BCUT2D eigenvalue weighted by molar-refractivity contribution is -0.127. The highest BCUT2D eigenvalue weighted by Crippen LogP contribution is 2.35. The maximum atomic E-state index is 14.3. The average Bonchev–Trinajstić information content (AvgIpc) is 3.83. The number of aromatic nitrogens is 6. The number of nitrogens with zero attached hydrogens (tertiary/aromatic N) is 7. The molecule has 0 bridgehead atoms. The topological polar surface area (TPSA) is 275 Å². The Morgan fingerprint density at radius 1 is 0.827 bits per heavy atom. The summed E-state index contributed by atoms with van der Waals surface area (Å²) in [6.45, 7) is 3.37. The first kappa shape index (κ1) is 53.8. The number of nitrogens with two attached hydrogens (primary N) is 2. The minimum Gasteiger partial charge on any atom is -0.457 e. The van der Waals surface area contributed by atoms with Gasteiger partial charge >= 0.3 is 0 Å². The molecule has 7 aromatic rings. The number of carbonyl (C=O) groups is 2. The van der Waals surface area contributed by atoms with E-state index in [-0.39, 0.29) is 66.2 Å². The van der Waals surface area contributed by atoms with Gasteiger partial charge in [-0.25, -0.2) is 37.2 Å². The third-order valence-electron chi connectivity index (χ3n) is 11.5. The highest BCUT2D eigenvalue weighted by molar-refractivity contribution is 9.10. The summed E-state index contributed by atoms with van der Waals surface area (Å²) in [7, 11) is -3.83. The third kappa shape index (κ3) is 14.7. The van der Waals surface area contributed by atoms with Gasteiger partial charge in [0.05, 0.1) is 84.9 Å². The minimum absolute atomic E-state index is 0.0357. The predicted molar refractivity (Wildman–Crippen MR) is 282 cm³/mol. The van der Waals surface area contributed by atoms with Gasteiger partial charge in [0.1, 0.15) is 41.0 Å². The first-order valence-corrected chi connectivity index (χ1v) is 26.0. The molecule has 1 fully saturated rings. The second-order valence-corrected chi connectivity index (χ2v) is 19.3. The van der Waals surface area contributed by atoms with Crippen molar-refractivity contribution >= 4 is 77.8 Å². The average molecular weight is 1110 g/mol. The van der Waals surface area contributed by atoms with E-state index in [2.05, 4.69) is 51.2 Å². The molecule has 2 amide bonds. The Bertz CT molecular complexity index is 3190. The largest absolute Gasteiger partial charge is 0.457 e. The fraction of sp³-hybridized carbons (Fsp3) is 0.275. The third-order valence-corrected chi connectivity index (χ3v) is 13.5. The predicted octanol–water partition coefficient (Wildman–Crippen LogP) is 6.91. The van der Waals surface area contributed by atoms with E-state index in [1.807, 2.05) is 59.3 Å². The first-order valence-electron chi connectivity index (χ1n) is 23.8. The van der Waals surface area contributed by atoms with E-state index in [0.29, 0.717) is 84.6 Å². The van der Waals surface area contributed by atoms with Crippen molar-refractivity contribution in [3.05, 3.63) is 138 Å². The fourth-order valence-electron chi connectivity index (χ4n) is 7.88. The molecule has 0 spiro atoms. The molecule has 21 nitrogen and oxygen atoms in total. The van der Waals surface area contributed by atoms with Crippen LogP contribution in [-0.2, 0) is 33.8 Å². The Kier molecular flexibility index (Phi) is 18.8. The van der Waals surface area contributed by atoms with Crippen LogP contribution in [0.2, 0.25) is 0 Å². The number of nitrogen functional groups attached to an aromatic ring is 1. The summed E-state index contributed by atoms with van der Waals surface area (Å²) in [6, 6.07) is 27.0. The van der Waals surface area contributed by atoms with Gasteiger partial charge in [0, 0.05) is 43.2 Å². The maximum Gasteiger partial charge on any atom is 0.253 e. The van der Waals surface area contributed by atoms with Crippen LogP contribution in [0, 0.1) is 5.82 Å². The maximum absolute atomic E-state index is 14.3. The number of primary amides is 1. The molecule has 4 aromatic carbocycles. The van der Waals surface area contributed by atoms with Crippen LogP contribution in [0.1, 0.15) is 29.2 Å². The number of likely N-dealkylation sites (tertiary alicyclic amines) is 1. The Morgan fingerprint density at radius 3 is 2.27 bits per heavy atom. The molecule has 1 aliphatic heterocycles. The highest BCUT2D eigenvalue weighted by Gasteiger charge is 2.28. The van der Waals surface area contributed by atoms with Crippen LogP contribution in [0.3, 0.4) is 0 Å². The van der Waals surface area contributed by atoms with Crippen LogP contribution in [0.5, 0.6) is 11.5 Å².